The highest BCUT2D eigenvalue weighted by atomic mass is 16.5. The number of anilines is 2. The van der Waals surface area contributed by atoms with Gasteiger partial charge in [-0.3, -0.25) is 4.90 Å². The molecule has 2 amide bonds. The third-order valence-electron chi connectivity index (χ3n) is 5.58. The number of nitrogens with one attached hydrogen (secondary N) is 2. The SMILES string of the molecule is COc1ccc(NC(=O)NCC(c2ccc(N(C)C)cc2)N2CCN(C)CC2)cc1. The number of urea groups is 1. The molecule has 1 unspecified atom stereocenters. The maximum Gasteiger partial charge on any atom is 0.319 e. The van der Waals surface area contributed by atoms with Crippen LogP contribution in [0.3, 0.4) is 0 Å². The van der Waals surface area contributed by atoms with Gasteiger partial charge in [-0.15, -0.1) is 0 Å². The summed E-state index contributed by atoms with van der Waals surface area (Å²) in [6.45, 7) is 4.58. The zero-order chi connectivity index (χ0) is 21.5. The van der Waals surface area contributed by atoms with E-state index in [4.69, 9.17) is 4.74 Å². The molecular formula is C23H33N5O2. The highest BCUT2D eigenvalue weighted by Crippen LogP contribution is 2.24. The Bertz CT molecular complexity index is 799. The summed E-state index contributed by atoms with van der Waals surface area (Å²) >= 11 is 0. The highest BCUT2D eigenvalue weighted by Gasteiger charge is 2.24. The van der Waals surface area contributed by atoms with Crippen LogP contribution >= 0.6 is 0 Å². The zero-order valence-electron chi connectivity index (χ0n) is 18.4. The van der Waals surface area contributed by atoms with Gasteiger partial charge >= 0.3 is 6.03 Å². The minimum Gasteiger partial charge on any atom is -0.497 e. The van der Waals surface area contributed by atoms with Crippen LogP contribution in [0.1, 0.15) is 11.6 Å². The van der Waals surface area contributed by atoms with Crippen LogP contribution < -0.4 is 20.3 Å². The van der Waals surface area contributed by atoms with Gasteiger partial charge in [0.25, 0.3) is 0 Å². The average Bonchev–Trinajstić information content (AvgIpc) is 2.76. The topological polar surface area (TPSA) is 60.1 Å². The second-order valence-corrected chi connectivity index (χ2v) is 7.90. The number of piperazine rings is 1. The molecule has 7 nitrogen and oxygen atoms in total. The fourth-order valence-corrected chi connectivity index (χ4v) is 3.62. The van der Waals surface area contributed by atoms with Crippen molar-refractivity contribution in [3.05, 3.63) is 54.1 Å². The molecule has 0 radical (unpaired) electrons. The lowest BCUT2D eigenvalue weighted by atomic mass is 10.0. The number of likely N-dealkylation sites (N-methyl/N-ethyl adjacent to an activating group) is 1. The maximum atomic E-state index is 12.5. The molecule has 1 atom stereocenters. The zero-order valence-corrected chi connectivity index (χ0v) is 18.4. The molecule has 0 spiro atoms. The van der Waals surface area contributed by atoms with E-state index in [9.17, 15) is 4.79 Å². The molecule has 2 aromatic rings. The Morgan fingerprint density at radius 2 is 1.67 bits per heavy atom. The van der Waals surface area contributed by atoms with Crippen LogP contribution in [-0.2, 0) is 0 Å². The largest absolute Gasteiger partial charge is 0.497 e. The van der Waals surface area contributed by atoms with Crippen LogP contribution in [0.4, 0.5) is 16.2 Å². The number of nitrogens with zero attached hydrogens (tertiary/aromatic N) is 3. The van der Waals surface area contributed by atoms with Gasteiger partial charge in [0.2, 0.25) is 0 Å². The van der Waals surface area contributed by atoms with Gasteiger partial charge in [-0.2, -0.15) is 0 Å². The highest BCUT2D eigenvalue weighted by molar-refractivity contribution is 5.89. The Morgan fingerprint density at radius 1 is 1.03 bits per heavy atom. The number of carbonyl (C=O) groups excluding carboxylic acids is 1. The van der Waals surface area contributed by atoms with Crippen molar-refractivity contribution in [1.82, 2.24) is 15.1 Å². The molecule has 1 aliphatic rings. The second kappa shape index (κ2) is 10.3. The third kappa shape index (κ3) is 5.87. The van der Waals surface area contributed by atoms with Crippen LogP contribution in [0.5, 0.6) is 5.75 Å². The fourth-order valence-electron chi connectivity index (χ4n) is 3.62. The normalized spacial score (nSPS) is 16.0. The van der Waals surface area contributed by atoms with Crippen LogP contribution in [0.2, 0.25) is 0 Å². The Hall–Kier alpha value is -2.77. The lowest BCUT2D eigenvalue weighted by Crippen LogP contribution is -2.48. The molecule has 0 bridgehead atoms. The van der Waals surface area contributed by atoms with E-state index in [0.29, 0.717) is 6.54 Å². The van der Waals surface area contributed by atoms with E-state index in [2.05, 4.69) is 56.6 Å². The van der Waals surface area contributed by atoms with Crippen molar-refractivity contribution >= 4 is 17.4 Å². The first-order valence-electron chi connectivity index (χ1n) is 10.3. The number of ether oxygens (including phenoxy) is 1. The lowest BCUT2D eigenvalue weighted by molar-refractivity contribution is 0.111. The molecule has 2 aromatic carbocycles. The van der Waals surface area contributed by atoms with Gasteiger partial charge in [0.15, 0.2) is 0 Å². The summed E-state index contributed by atoms with van der Waals surface area (Å²) in [7, 11) is 7.85. The molecule has 162 valence electrons. The van der Waals surface area contributed by atoms with Gasteiger partial charge < -0.3 is 25.2 Å². The number of methoxy groups -OCH3 is 1. The monoisotopic (exact) mass is 411 g/mol. The number of hydrogen-bond donors (Lipinski definition) is 2. The van der Waals surface area contributed by atoms with Crippen molar-refractivity contribution in [1.29, 1.82) is 0 Å². The van der Waals surface area contributed by atoms with Crippen molar-refractivity contribution in [2.45, 2.75) is 6.04 Å². The summed E-state index contributed by atoms with van der Waals surface area (Å²) < 4.78 is 5.16. The molecule has 30 heavy (non-hydrogen) atoms. The lowest BCUT2D eigenvalue weighted by Gasteiger charge is -2.38. The molecule has 0 saturated carbocycles. The first-order chi connectivity index (χ1) is 14.5. The molecule has 0 aromatic heterocycles. The minimum absolute atomic E-state index is 0.136. The van der Waals surface area contributed by atoms with E-state index in [0.717, 1.165) is 37.6 Å². The van der Waals surface area contributed by atoms with Gasteiger partial charge in [0.1, 0.15) is 5.75 Å². The number of benzene rings is 2. The predicted octanol–water partition coefficient (Wildman–Crippen LogP) is 2.87. The van der Waals surface area contributed by atoms with E-state index >= 15 is 0 Å². The first kappa shape index (κ1) is 21.9. The smallest absolute Gasteiger partial charge is 0.319 e. The summed E-state index contributed by atoms with van der Waals surface area (Å²) in [5.74, 6) is 0.761. The van der Waals surface area contributed by atoms with Crippen molar-refractivity contribution in [3.8, 4) is 5.75 Å². The molecule has 1 saturated heterocycles. The quantitative estimate of drug-likeness (QED) is 0.734. The number of hydrogen-bond acceptors (Lipinski definition) is 5. The number of carbonyl (C=O) groups is 1. The van der Waals surface area contributed by atoms with Gasteiger partial charge in [0, 0.05) is 58.2 Å². The predicted molar refractivity (Wildman–Crippen MR) is 123 cm³/mol. The molecule has 1 heterocycles. The summed E-state index contributed by atoms with van der Waals surface area (Å²) in [5.41, 5.74) is 3.12. The molecule has 2 N–H and O–H groups in total. The second-order valence-electron chi connectivity index (χ2n) is 7.90. The minimum atomic E-state index is -0.204. The van der Waals surface area contributed by atoms with Crippen molar-refractivity contribution in [2.75, 3.05) is 71.2 Å². The summed E-state index contributed by atoms with van der Waals surface area (Å²) in [5, 5.41) is 5.95. The summed E-state index contributed by atoms with van der Waals surface area (Å²) in [4.78, 5) is 19.4. The van der Waals surface area contributed by atoms with Gasteiger partial charge in [0.05, 0.1) is 13.2 Å². The van der Waals surface area contributed by atoms with Crippen LogP contribution in [-0.4, -0.2) is 76.8 Å². The van der Waals surface area contributed by atoms with Crippen molar-refractivity contribution in [3.63, 3.8) is 0 Å². The number of rotatable bonds is 7. The van der Waals surface area contributed by atoms with Crippen LogP contribution in [0, 0.1) is 0 Å². The van der Waals surface area contributed by atoms with E-state index in [1.807, 2.05) is 38.4 Å². The fraction of sp³-hybridized carbons (Fsp3) is 0.435. The van der Waals surface area contributed by atoms with Crippen LogP contribution in [0.25, 0.3) is 0 Å². The van der Waals surface area contributed by atoms with Gasteiger partial charge in [-0.1, -0.05) is 12.1 Å². The first-order valence-corrected chi connectivity index (χ1v) is 10.3. The summed E-state index contributed by atoms with van der Waals surface area (Å²) in [6.07, 6.45) is 0. The summed E-state index contributed by atoms with van der Waals surface area (Å²) in [6, 6.07) is 15.9. The Morgan fingerprint density at radius 3 is 2.23 bits per heavy atom. The molecule has 1 aliphatic heterocycles. The Kier molecular flexibility index (Phi) is 7.54. The van der Waals surface area contributed by atoms with E-state index in [1.54, 1.807) is 7.11 Å². The van der Waals surface area contributed by atoms with Crippen molar-refractivity contribution < 1.29 is 9.53 Å². The van der Waals surface area contributed by atoms with Gasteiger partial charge in [-0.25, -0.2) is 4.79 Å². The van der Waals surface area contributed by atoms with E-state index in [-0.39, 0.29) is 12.1 Å². The molecule has 7 heteroatoms. The van der Waals surface area contributed by atoms with E-state index < -0.39 is 0 Å². The Labute approximate surface area is 179 Å². The van der Waals surface area contributed by atoms with Gasteiger partial charge in [-0.05, 0) is 49.0 Å². The molecule has 0 aliphatic carbocycles. The molecule has 1 fully saturated rings. The number of amides is 2. The standard InChI is InChI=1S/C23H33N5O2/c1-26(2)20-9-5-18(6-10-20)22(28-15-13-27(3)14-16-28)17-24-23(29)25-19-7-11-21(30-4)12-8-19/h5-12,22H,13-17H2,1-4H3,(H2,24,25,29). The Balaban J connectivity index is 1.66. The third-order valence-corrected chi connectivity index (χ3v) is 5.58. The molecular weight excluding hydrogens is 378 g/mol. The maximum absolute atomic E-state index is 12.5. The average molecular weight is 412 g/mol. The van der Waals surface area contributed by atoms with Crippen molar-refractivity contribution in [2.24, 2.45) is 0 Å². The molecule has 3 rings (SSSR count). The van der Waals surface area contributed by atoms with E-state index in [1.165, 1.54) is 11.3 Å². The van der Waals surface area contributed by atoms with Crippen LogP contribution in [0.15, 0.2) is 48.5 Å².